The first-order valence-electron chi connectivity index (χ1n) is 7.66. The maximum absolute atomic E-state index is 12.2. The second-order valence-corrected chi connectivity index (χ2v) is 6.70. The van der Waals surface area contributed by atoms with Gasteiger partial charge in [0.05, 0.1) is 21.1 Å². The summed E-state index contributed by atoms with van der Waals surface area (Å²) < 4.78 is 0. The maximum Gasteiger partial charge on any atom is 0.265 e. The Bertz CT molecular complexity index is 712. The third-order valence-corrected chi connectivity index (χ3v) is 4.41. The normalized spacial score (nSPS) is 10.6. The van der Waals surface area contributed by atoms with Crippen molar-refractivity contribution in [3.63, 3.8) is 0 Å². The number of nitrogens with two attached hydrogens (primary N) is 1. The molecule has 2 rings (SSSR count). The van der Waals surface area contributed by atoms with E-state index in [0.717, 1.165) is 24.3 Å². The molecule has 7 heteroatoms. The molecule has 0 atom stereocenters. The van der Waals surface area contributed by atoms with Gasteiger partial charge in [0, 0.05) is 6.54 Å². The third-order valence-electron chi connectivity index (χ3n) is 3.33. The summed E-state index contributed by atoms with van der Waals surface area (Å²) in [4.78, 5) is 27.4. The van der Waals surface area contributed by atoms with Crippen molar-refractivity contribution < 1.29 is 9.59 Å². The topological polar surface area (TPSA) is 87.5 Å². The summed E-state index contributed by atoms with van der Waals surface area (Å²) in [7, 11) is 3.98. The van der Waals surface area contributed by atoms with Crippen LogP contribution in [-0.2, 0) is 0 Å². The van der Waals surface area contributed by atoms with Crippen LogP contribution in [0.15, 0.2) is 36.4 Å². The van der Waals surface area contributed by atoms with E-state index in [1.54, 1.807) is 36.4 Å². The van der Waals surface area contributed by atoms with Crippen molar-refractivity contribution in [2.75, 3.05) is 38.2 Å². The molecule has 0 radical (unpaired) electrons. The van der Waals surface area contributed by atoms with Gasteiger partial charge in [-0.05, 0) is 51.3 Å². The van der Waals surface area contributed by atoms with E-state index < -0.39 is 0 Å². The summed E-state index contributed by atoms with van der Waals surface area (Å²) in [6, 6.07) is 10.4. The van der Waals surface area contributed by atoms with Gasteiger partial charge in [-0.25, -0.2) is 0 Å². The predicted octanol–water partition coefficient (Wildman–Crippen LogP) is 2.26. The van der Waals surface area contributed by atoms with Gasteiger partial charge in [0.15, 0.2) is 0 Å². The maximum atomic E-state index is 12.2. The molecule has 1 heterocycles. The number of benzene rings is 1. The highest BCUT2D eigenvalue weighted by molar-refractivity contribution is 7.16. The van der Waals surface area contributed by atoms with Crippen LogP contribution in [0.3, 0.4) is 0 Å². The number of hydrogen-bond donors (Lipinski definition) is 3. The average Bonchev–Trinajstić information content (AvgIpc) is 3.03. The molecule has 0 spiro atoms. The molecule has 0 aliphatic heterocycles. The first kappa shape index (κ1) is 18.0. The van der Waals surface area contributed by atoms with Crippen molar-refractivity contribution in [1.82, 2.24) is 10.2 Å². The monoisotopic (exact) mass is 346 g/mol. The number of nitrogens with one attached hydrogen (secondary N) is 2. The molecule has 0 saturated heterocycles. The van der Waals surface area contributed by atoms with E-state index in [0.29, 0.717) is 27.7 Å². The fourth-order valence-corrected chi connectivity index (χ4v) is 2.88. The molecule has 2 amide bonds. The molecule has 6 nitrogen and oxygen atoms in total. The molecule has 0 bridgehead atoms. The minimum atomic E-state index is -0.274. The molecule has 0 aliphatic carbocycles. The van der Waals surface area contributed by atoms with E-state index in [2.05, 4.69) is 15.5 Å². The van der Waals surface area contributed by atoms with Gasteiger partial charge in [-0.2, -0.15) is 0 Å². The van der Waals surface area contributed by atoms with Crippen LogP contribution >= 0.6 is 11.3 Å². The largest absolute Gasteiger partial charge is 0.397 e. The lowest BCUT2D eigenvalue weighted by atomic mass is 10.2. The summed E-state index contributed by atoms with van der Waals surface area (Å²) in [5, 5.41) is 5.61. The second-order valence-electron chi connectivity index (χ2n) is 5.62. The van der Waals surface area contributed by atoms with Crippen LogP contribution in [0.5, 0.6) is 0 Å². The van der Waals surface area contributed by atoms with Gasteiger partial charge in [-0.15, -0.1) is 11.3 Å². The fraction of sp³-hybridized carbons (Fsp3) is 0.294. The van der Waals surface area contributed by atoms with Gasteiger partial charge in [0.2, 0.25) is 0 Å². The molecular formula is C17H22N4O2S. The Morgan fingerprint density at radius 3 is 2.42 bits per heavy atom. The third kappa shape index (κ3) is 5.07. The number of carbonyl (C=O) groups is 2. The average molecular weight is 346 g/mol. The summed E-state index contributed by atoms with van der Waals surface area (Å²) in [5.74, 6) is -0.429. The number of hydrogen-bond acceptors (Lipinski definition) is 5. The van der Waals surface area contributed by atoms with Crippen LogP contribution in [0.25, 0.3) is 0 Å². The summed E-state index contributed by atoms with van der Waals surface area (Å²) in [5.41, 5.74) is 6.87. The van der Waals surface area contributed by atoms with E-state index in [4.69, 9.17) is 5.73 Å². The lowest BCUT2D eigenvalue weighted by Crippen LogP contribution is -2.26. The quantitative estimate of drug-likeness (QED) is 0.530. The molecule has 4 N–H and O–H groups in total. The minimum absolute atomic E-state index is 0.156. The van der Waals surface area contributed by atoms with E-state index in [9.17, 15) is 9.59 Å². The molecule has 128 valence electrons. The molecule has 0 unspecified atom stereocenters. The van der Waals surface area contributed by atoms with Gasteiger partial charge >= 0.3 is 0 Å². The van der Waals surface area contributed by atoms with Crippen molar-refractivity contribution in [2.45, 2.75) is 6.42 Å². The number of anilines is 2. The van der Waals surface area contributed by atoms with E-state index in [1.807, 2.05) is 14.1 Å². The molecule has 0 fully saturated rings. The number of nitrogens with zero attached hydrogens (tertiary/aromatic N) is 1. The van der Waals surface area contributed by atoms with E-state index in [1.165, 1.54) is 0 Å². The predicted molar refractivity (Wildman–Crippen MR) is 98.6 cm³/mol. The minimum Gasteiger partial charge on any atom is -0.397 e. The van der Waals surface area contributed by atoms with E-state index in [-0.39, 0.29) is 11.8 Å². The first-order chi connectivity index (χ1) is 11.5. The highest BCUT2D eigenvalue weighted by Crippen LogP contribution is 2.21. The molecule has 1 aromatic heterocycles. The molecular weight excluding hydrogens is 324 g/mol. The first-order valence-corrected chi connectivity index (χ1v) is 8.47. The van der Waals surface area contributed by atoms with Crippen LogP contribution in [0.2, 0.25) is 0 Å². The van der Waals surface area contributed by atoms with Crippen molar-refractivity contribution in [1.29, 1.82) is 0 Å². The fourth-order valence-electron chi connectivity index (χ4n) is 2.06. The molecule has 0 saturated carbocycles. The zero-order valence-electron chi connectivity index (χ0n) is 13.8. The van der Waals surface area contributed by atoms with Gasteiger partial charge in [-0.3, -0.25) is 9.59 Å². The number of rotatable bonds is 7. The Hall–Kier alpha value is -2.38. The number of thiophene rings is 1. The van der Waals surface area contributed by atoms with Gasteiger partial charge < -0.3 is 21.3 Å². The lowest BCUT2D eigenvalue weighted by molar-refractivity contribution is 0.0955. The second kappa shape index (κ2) is 8.47. The van der Waals surface area contributed by atoms with Crippen LogP contribution in [0.1, 0.15) is 25.8 Å². The van der Waals surface area contributed by atoms with E-state index >= 15 is 0 Å². The Balaban J connectivity index is 1.91. The Morgan fingerprint density at radius 1 is 1.08 bits per heavy atom. The molecule has 2 aromatic rings. The number of para-hydroxylation sites is 2. The van der Waals surface area contributed by atoms with Crippen LogP contribution in [0.4, 0.5) is 11.4 Å². The highest BCUT2D eigenvalue weighted by atomic mass is 32.1. The SMILES string of the molecule is CN(C)CCCNC(=O)c1ccc(C(=O)Nc2ccccc2N)s1. The standard InChI is InChI=1S/C17H22N4O2S/c1-21(2)11-5-10-19-16(22)14-8-9-15(24-14)17(23)20-13-7-4-3-6-12(13)18/h3-4,6-9H,5,10-11,18H2,1-2H3,(H,19,22)(H,20,23). The smallest absolute Gasteiger partial charge is 0.265 e. The zero-order valence-corrected chi connectivity index (χ0v) is 14.7. The Morgan fingerprint density at radius 2 is 1.75 bits per heavy atom. The van der Waals surface area contributed by atoms with Gasteiger partial charge in [0.25, 0.3) is 11.8 Å². The van der Waals surface area contributed by atoms with Crippen molar-refractivity contribution >= 4 is 34.5 Å². The number of amides is 2. The lowest BCUT2D eigenvalue weighted by Gasteiger charge is -2.09. The molecule has 1 aromatic carbocycles. The number of nitrogen functional groups attached to an aromatic ring is 1. The van der Waals surface area contributed by atoms with Gasteiger partial charge in [0.1, 0.15) is 0 Å². The highest BCUT2D eigenvalue weighted by Gasteiger charge is 2.14. The zero-order chi connectivity index (χ0) is 17.5. The van der Waals surface area contributed by atoms with Crippen molar-refractivity contribution in [2.24, 2.45) is 0 Å². The molecule has 24 heavy (non-hydrogen) atoms. The van der Waals surface area contributed by atoms with Crippen LogP contribution < -0.4 is 16.4 Å². The van der Waals surface area contributed by atoms with Crippen molar-refractivity contribution in [3.8, 4) is 0 Å². The van der Waals surface area contributed by atoms with Crippen LogP contribution in [-0.4, -0.2) is 43.9 Å². The summed E-state index contributed by atoms with van der Waals surface area (Å²) in [6.07, 6.45) is 0.880. The van der Waals surface area contributed by atoms with Crippen molar-refractivity contribution in [3.05, 3.63) is 46.2 Å². The van der Waals surface area contributed by atoms with Crippen LogP contribution in [0, 0.1) is 0 Å². The summed E-state index contributed by atoms with van der Waals surface area (Å²) >= 11 is 1.16. The number of carbonyl (C=O) groups excluding carboxylic acids is 2. The Kier molecular flexibility index (Phi) is 6.34. The van der Waals surface area contributed by atoms with Gasteiger partial charge in [-0.1, -0.05) is 12.1 Å². The molecule has 0 aliphatic rings. The Labute approximate surface area is 145 Å². The summed E-state index contributed by atoms with van der Waals surface area (Å²) in [6.45, 7) is 1.52.